The van der Waals surface area contributed by atoms with Gasteiger partial charge >= 0.3 is 17.9 Å². The van der Waals surface area contributed by atoms with Crippen molar-refractivity contribution in [3.8, 4) is 0 Å². The fourth-order valence-corrected chi connectivity index (χ4v) is 7.38. The monoisotopic (exact) mass is 859 g/mol. The average Bonchev–Trinajstić information content (AvgIpc) is 3.22. The van der Waals surface area contributed by atoms with Crippen molar-refractivity contribution in [3.05, 3.63) is 48.6 Å². The third-order valence-electron chi connectivity index (χ3n) is 11.2. The zero-order valence-corrected chi connectivity index (χ0v) is 40.4. The van der Waals surface area contributed by atoms with Crippen molar-refractivity contribution in [1.82, 2.24) is 0 Å². The lowest BCUT2D eigenvalue weighted by Crippen LogP contribution is -2.50. The van der Waals surface area contributed by atoms with E-state index in [2.05, 4.69) is 62.5 Å². The minimum atomic E-state index is -0.879. The molecule has 0 saturated carbocycles. The summed E-state index contributed by atoms with van der Waals surface area (Å²) in [4.78, 5) is 37.1. The molecule has 0 aromatic rings. The standard InChI is InChI=1S/C53H95NO7/c1-6-8-10-12-14-16-18-20-22-24-25-26-27-28-30-31-33-35-37-39-41-43-51(55)60-48-49(47-59-46-45-50(53(57)58)54(3,4)5)61-52(56)44-42-40-38-36-34-32-29-23-21-19-17-15-13-11-9-7-2/h9,11,15,17,21,23,32,34,49-50H,6-8,10,12-14,16,18-20,22,24-31,33,35-48H2,1-5H3/p+1/b11-9+,17-15+,23-21+,34-32+. The number of hydrogen-bond acceptors (Lipinski definition) is 6. The lowest BCUT2D eigenvalue weighted by Gasteiger charge is -2.31. The Morgan fingerprint density at radius 3 is 1.36 bits per heavy atom. The average molecular weight is 859 g/mol. The van der Waals surface area contributed by atoms with Crippen LogP contribution in [0.2, 0.25) is 0 Å². The minimum Gasteiger partial charge on any atom is -0.477 e. The highest BCUT2D eigenvalue weighted by molar-refractivity contribution is 5.72. The summed E-state index contributed by atoms with van der Waals surface area (Å²) in [5, 5.41) is 9.64. The second kappa shape index (κ2) is 43.9. The highest BCUT2D eigenvalue weighted by Crippen LogP contribution is 2.16. The van der Waals surface area contributed by atoms with Crippen molar-refractivity contribution in [2.45, 2.75) is 231 Å². The number of esters is 2. The zero-order chi connectivity index (χ0) is 44.9. The molecule has 2 atom stereocenters. The van der Waals surface area contributed by atoms with Crippen LogP contribution in [-0.4, -0.2) is 80.6 Å². The van der Waals surface area contributed by atoms with Crippen LogP contribution in [0.5, 0.6) is 0 Å². The molecule has 8 heteroatoms. The van der Waals surface area contributed by atoms with Crippen molar-refractivity contribution < 1.29 is 38.2 Å². The van der Waals surface area contributed by atoms with Crippen LogP contribution in [0.25, 0.3) is 0 Å². The van der Waals surface area contributed by atoms with E-state index in [1.807, 2.05) is 21.1 Å². The van der Waals surface area contributed by atoms with Gasteiger partial charge in [-0.05, 0) is 51.4 Å². The summed E-state index contributed by atoms with van der Waals surface area (Å²) in [6.07, 6.45) is 53.1. The van der Waals surface area contributed by atoms with Crippen molar-refractivity contribution in [2.24, 2.45) is 0 Å². The molecule has 0 spiro atoms. The highest BCUT2D eigenvalue weighted by atomic mass is 16.6. The Hall–Kier alpha value is -2.71. The SMILES string of the molecule is CC/C=C/C/C=C/C/C=C/C/C=C/CCCCCC(=O)OC(COCCC(C(=O)O)[N+](C)(C)C)COC(=O)CCCCCCCCCCCCCCCCCCCCCCC. The van der Waals surface area contributed by atoms with Crippen LogP contribution in [0, 0.1) is 0 Å². The number of carbonyl (C=O) groups is 3. The van der Waals surface area contributed by atoms with Gasteiger partial charge in [-0.1, -0.05) is 197 Å². The Morgan fingerprint density at radius 2 is 0.918 bits per heavy atom. The number of likely N-dealkylation sites (N-methyl/N-ethyl adjacent to an activating group) is 1. The van der Waals surface area contributed by atoms with E-state index in [4.69, 9.17) is 14.2 Å². The Bertz CT molecular complexity index is 1140. The van der Waals surface area contributed by atoms with Gasteiger partial charge in [-0.3, -0.25) is 9.59 Å². The summed E-state index contributed by atoms with van der Waals surface area (Å²) in [6.45, 7) is 4.61. The molecule has 0 aliphatic rings. The van der Waals surface area contributed by atoms with E-state index in [1.165, 1.54) is 116 Å². The number of carboxylic acid groups (broad SMARTS) is 1. The van der Waals surface area contributed by atoms with Crippen LogP contribution in [0.4, 0.5) is 0 Å². The van der Waals surface area contributed by atoms with Crippen LogP contribution in [0.3, 0.4) is 0 Å². The van der Waals surface area contributed by atoms with Crippen molar-refractivity contribution in [1.29, 1.82) is 0 Å². The maximum Gasteiger partial charge on any atom is 0.362 e. The smallest absolute Gasteiger partial charge is 0.362 e. The molecule has 0 saturated heterocycles. The predicted molar refractivity (Wildman–Crippen MR) is 257 cm³/mol. The fourth-order valence-electron chi connectivity index (χ4n) is 7.38. The quantitative estimate of drug-likeness (QED) is 0.0282. The molecule has 0 aliphatic carbocycles. The molecule has 0 radical (unpaired) electrons. The summed E-state index contributed by atoms with van der Waals surface area (Å²) >= 11 is 0. The number of unbranched alkanes of at least 4 members (excludes halogenated alkanes) is 23. The molecule has 8 nitrogen and oxygen atoms in total. The molecule has 1 N–H and O–H groups in total. The lowest BCUT2D eigenvalue weighted by atomic mass is 10.0. The van der Waals surface area contributed by atoms with E-state index < -0.39 is 18.1 Å². The van der Waals surface area contributed by atoms with E-state index in [9.17, 15) is 19.5 Å². The first-order chi connectivity index (χ1) is 29.6. The Labute approximate surface area is 376 Å². The first-order valence-electron chi connectivity index (χ1n) is 25.2. The Morgan fingerprint density at radius 1 is 0.508 bits per heavy atom. The first kappa shape index (κ1) is 58.3. The van der Waals surface area contributed by atoms with E-state index in [0.717, 1.165) is 70.6 Å². The molecular weight excluding hydrogens is 763 g/mol. The van der Waals surface area contributed by atoms with Crippen LogP contribution >= 0.6 is 0 Å². The van der Waals surface area contributed by atoms with Gasteiger partial charge < -0.3 is 23.8 Å². The van der Waals surface area contributed by atoms with Gasteiger partial charge in [0.25, 0.3) is 0 Å². The molecule has 354 valence electrons. The molecule has 0 aromatic carbocycles. The van der Waals surface area contributed by atoms with Crippen LogP contribution in [0.1, 0.15) is 219 Å². The third kappa shape index (κ3) is 42.4. The molecule has 0 fully saturated rings. The zero-order valence-electron chi connectivity index (χ0n) is 40.4. The normalized spacial score (nSPS) is 13.3. The summed E-state index contributed by atoms with van der Waals surface area (Å²) in [5.74, 6) is -1.50. The number of carbonyl (C=O) groups excluding carboxylic acids is 2. The number of carboxylic acids is 1. The summed E-state index contributed by atoms with van der Waals surface area (Å²) < 4.78 is 17.3. The largest absolute Gasteiger partial charge is 0.477 e. The van der Waals surface area contributed by atoms with E-state index in [0.29, 0.717) is 19.3 Å². The van der Waals surface area contributed by atoms with Gasteiger partial charge in [0.1, 0.15) is 6.61 Å². The number of allylic oxidation sites excluding steroid dienone is 8. The minimum absolute atomic E-state index is 0.0493. The van der Waals surface area contributed by atoms with Gasteiger partial charge in [-0.2, -0.15) is 0 Å². The van der Waals surface area contributed by atoms with Gasteiger partial charge in [-0.25, -0.2) is 4.79 Å². The maximum atomic E-state index is 12.8. The van der Waals surface area contributed by atoms with E-state index in [1.54, 1.807) is 0 Å². The number of hydrogen-bond donors (Lipinski definition) is 1. The second-order valence-electron chi connectivity index (χ2n) is 18.1. The van der Waals surface area contributed by atoms with Gasteiger partial charge in [-0.15, -0.1) is 0 Å². The number of ether oxygens (including phenoxy) is 3. The number of rotatable bonds is 45. The molecule has 0 bridgehead atoms. The summed E-state index contributed by atoms with van der Waals surface area (Å²) in [6, 6.07) is -0.621. The predicted octanol–water partition coefficient (Wildman–Crippen LogP) is 14.4. The first-order valence-corrected chi connectivity index (χ1v) is 25.2. The van der Waals surface area contributed by atoms with E-state index >= 15 is 0 Å². The van der Waals surface area contributed by atoms with Crippen LogP contribution in [0.15, 0.2) is 48.6 Å². The molecule has 61 heavy (non-hydrogen) atoms. The topological polar surface area (TPSA) is 99.1 Å². The van der Waals surface area contributed by atoms with Gasteiger partial charge in [0.05, 0.1) is 34.4 Å². The molecule has 2 unspecified atom stereocenters. The third-order valence-corrected chi connectivity index (χ3v) is 11.2. The maximum absolute atomic E-state index is 12.8. The molecule has 0 heterocycles. The van der Waals surface area contributed by atoms with E-state index in [-0.39, 0.29) is 36.2 Å². The van der Waals surface area contributed by atoms with Gasteiger partial charge in [0, 0.05) is 19.3 Å². The molecule has 0 rings (SSSR count). The van der Waals surface area contributed by atoms with Crippen LogP contribution < -0.4 is 0 Å². The van der Waals surface area contributed by atoms with Crippen molar-refractivity contribution in [2.75, 3.05) is 41.0 Å². The Kier molecular flexibility index (Phi) is 42.0. The fraction of sp³-hybridized carbons (Fsp3) is 0.792. The van der Waals surface area contributed by atoms with Crippen molar-refractivity contribution in [3.63, 3.8) is 0 Å². The summed E-state index contributed by atoms with van der Waals surface area (Å²) in [5.41, 5.74) is 0. The van der Waals surface area contributed by atoms with Gasteiger partial charge in [0.2, 0.25) is 0 Å². The molecule has 0 aliphatic heterocycles. The highest BCUT2D eigenvalue weighted by Gasteiger charge is 2.31. The second-order valence-corrected chi connectivity index (χ2v) is 18.1. The van der Waals surface area contributed by atoms with Gasteiger partial charge in [0.15, 0.2) is 12.1 Å². The summed E-state index contributed by atoms with van der Waals surface area (Å²) in [7, 11) is 5.52. The number of nitrogens with zero attached hydrogens (tertiary/aromatic N) is 1. The molecule has 0 amide bonds. The molecule has 0 aromatic heterocycles. The molecular formula is C53H96NO7+. The Balaban J connectivity index is 4.25. The van der Waals surface area contributed by atoms with Crippen LogP contribution in [-0.2, 0) is 28.6 Å². The van der Waals surface area contributed by atoms with Crippen molar-refractivity contribution >= 4 is 17.9 Å². The number of quaternary nitrogens is 1. The number of aliphatic carboxylic acids is 1. The lowest BCUT2D eigenvalue weighted by molar-refractivity contribution is -0.887.